The van der Waals surface area contributed by atoms with Gasteiger partial charge in [0.25, 0.3) is 15.9 Å². The van der Waals surface area contributed by atoms with E-state index in [4.69, 9.17) is 9.47 Å². The number of nitrogens with one attached hydrogen (secondary N) is 2. The number of halogens is 3. The number of Topliss-reactive ketones (excluding diaryl/α,β-unsaturated/α-hetero) is 1. The van der Waals surface area contributed by atoms with E-state index in [9.17, 15) is 36.0 Å². The predicted molar refractivity (Wildman–Crippen MR) is 159 cm³/mol. The number of piperidine rings is 1. The van der Waals surface area contributed by atoms with Crippen LogP contribution in [-0.2, 0) is 21.0 Å². The SMILES string of the molecule is COc1cc(OC)c(C(=O)CCCCN2CCC3(CC2)NC(=O)N(C(C)C)C3=O)cc1NS(=O)(=O)c1ccc(C(F)(F)F)cc1. The van der Waals surface area contributed by atoms with Crippen molar-refractivity contribution in [2.24, 2.45) is 0 Å². The summed E-state index contributed by atoms with van der Waals surface area (Å²) in [4.78, 5) is 41.5. The molecule has 2 aromatic rings. The first-order chi connectivity index (χ1) is 21.1. The molecule has 15 heteroatoms. The van der Waals surface area contributed by atoms with E-state index in [-0.39, 0.29) is 52.9 Å². The highest BCUT2D eigenvalue weighted by Crippen LogP contribution is 2.36. The number of urea groups is 1. The Morgan fingerprint density at radius 2 is 1.64 bits per heavy atom. The number of anilines is 1. The number of ketones is 1. The molecular weight excluding hydrogens is 617 g/mol. The third-order valence-corrected chi connectivity index (χ3v) is 9.49. The summed E-state index contributed by atoms with van der Waals surface area (Å²) in [5, 5.41) is 2.89. The number of ether oxygens (including phenoxy) is 2. The van der Waals surface area contributed by atoms with Crippen LogP contribution in [0.3, 0.4) is 0 Å². The molecule has 11 nitrogen and oxygen atoms in total. The van der Waals surface area contributed by atoms with Gasteiger partial charge in [0.15, 0.2) is 5.78 Å². The van der Waals surface area contributed by atoms with Crippen molar-refractivity contribution in [1.82, 2.24) is 15.1 Å². The number of methoxy groups -OCH3 is 2. The van der Waals surface area contributed by atoms with E-state index < -0.39 is 32.2 Å². The third kappa shape index (κ3) is 7.35. The second-order valence-electron chi connectivity index (χ2n) is 11.4. The molecule has 1 spiro atoms. The molecule has 2 heterocycles. The van der Waals surface area contributed by atoms with E-state index in [2.05, 4.69) is 14.9 Å². The summed E-state index contributed by atoms with van der Waals surface area (Å²) >= 11 is 0. The second kappa shape index (κ2) is 13.3. The Labute approximate surface area is 260 Å². The van der Waals surface area contributed by atoms with Gasteiger partial charge in [-0.1, -0.05) is 0 Å². The molecule has 3 amide bonds. The van der Waals surface area contributed by atoms with Gasteiger partial charge in [-0.3, -0.25) is 19.2 Å². The van der Waals surface area contributed by atoms with E-state index in [0.717, 1.165) is 12.1 Å². The Balaban J connectivity index is 1.36. The fraction of sp³-hybridized carbons (Fsp3) is 0.500. The van der Waals surface area contributed by atoms with Crippen molar-refractivity contribution in [3.63, 3.8) is 0 Å². The minimum Gasteiger partial charge on any atom is -0.496 e. The number of sulfonamides is 1. The number of rotatable bonds is 12. The maximum Gasteiger partial charge on any atom is 0.416 e. The van der Waals surface area contributed by atoms with Gasteiger partial charge < -0.3 is 19.7 Å². The van der Waals surface area contributed by atoms with Crippen LogP contribution in [0.2, 0.25) is 0 Å². The molecule has 2 aromatic carbocycles. The lowest BCUT2D eigenvalue weighted by molar-refractivity contribution is -0.137. The highest BCUT2D eigenvalue weighted by Gasteiger charge is 2.52. The molecular formula is C30H37F3N4O7S. The molecule has 0 aliphatic carbocycles. The van der Waals surface area contributed by atoms with Gasteiger partial charge in [-0.05, 0) is 76.4 Å². The fourth-order valence-corrected chi connectivity index (χ4v) is 6.65. The fourth-order valence-electron chi connectivity index (χ4n) is 5.59. The van der Waals surface area contributed by atoms with Gasteiger partial charge in [0.05, 0.1) is 35.9 Å². The van der Waals surface area contributed by atoms with Crippen LogP contribution in [0.1, 0.15) is 61.9 Å². The zero-order valence-electron chi connectivity index (χ0n) is 25.5. The van der Waals surface area contributed by atoms with Crippen molar-refractivity contribution in [3.05, 3.63) is 47.5 Å². The zero-order chi connectivity index (χ0) is 33.2. The van der Waals surface area contributed by atoms with Crippen LogP contribution in [0.15, 0.2) is 41.3 Å². The van der Waals surface area contributed by atoms with Crippen LogP contribution < -0.4 is 19.5 Å². The molecule has 2 fully saturated rings. The van der Waals surface area contributed by atoms with Crippen LogP contribution in [0.5, 0.6) is 11.5 Å². The standard InChI is InChI=1S/C30H37F3N4O7S/c1-19(2)37-27(39)29(34-28(37)40)12-15-36(16-13-29)14-6-5-7-24(38)22-17-23(26(44-4)18-25(22)43-3)35-45(41,42)21-10-8-20(9-11-21)30(31,32)33/h8-11,17-19,35H,5-7,12-16H2,1-4H3,(H,34,40). The molecule has 246 valence electrons. The van der Waals surface area contributed by atoms with Gasteiger partial charge in [0.1, 0.15) is 17.0 Å². The number of benzene rings is 2. The number of nitrogens with zero attached hydrogens (tertiary/aromatic N) is 2. The number of hydrogen-bond acceptors (Lipinski definition) is 8. The highest BCUT2D eigenvalue weighted by atomic mass is 32.2. The van der Waals surface area contributed by atoms with E-state index in [1.54, 1.807) is 13.8 Å². The van der Waals surface area contributed by atoms with Gasteiger partial charge in [0.2, 0.25) is 0 Å². The van der Waals surface area contributed by atoms with Crippen LogP contribution in [0, 0.1) is 0 Å². The molecule has 0 unspecified atom stereocenters. The number of alkyl halides is 3. The lowest BCUT2D eigenvalue weighted by atomic mass is 9.87. The Morgan fingerprint density at radius 3 is 2.18 bits per heavy atom. The van der Waals surface area contributed by atoms with Gasteiger partial charge in [-0.25, -0.2) is 13.2 Å². The van der Waals surface area contributed by atoms with Crippen molar-refractivity contribution in [3.8, 4) is 11.5 Å². The number of hydrogen-bond donors (Lipinski definition) is 2. The number of unbranched alkanes of at least 4 members (excludes halogenated alkanes) is 1. The average molecular weight is 655 g/mol. The number of carbonyl (C=O) groups excluding carboxylic acids is 3. The van der Waals surface area contributed by atoms with Crippen molar-refractivity contribution in [2.75, 3.05) is 38.6 Å². The average Bonchev–Trinajstić information content (AvgIpc) is 3.23. The molecule has 2 aliphatic heterocycles. The molecule has 2 N–H and O–H groups in total. The van der Waals surface area contributed by atoms with Crippen LogP contribution >= 0.6 is 0 Å². The Kier molecular flexibility index (Phi) is 10.0. The summed E-state index contributed by atoms with van der Waals surface area (Å²) in [6, 6.07) is 5.11. The summed E-state index contributed by atoms with van der Waals surface area (Å²) in [5.74, 6) is -0.248. The summed E-state index contributed by atoms with van der Waals surface area (Å²) in [6.07, 6.45) is -2.25. The summed E-state index contributed by atoms with van der Waals surface area (Å²) in [7, 11) is -1.67. The van der Waals surface area contributed by atoms with Crippen molar-refractivity contribution in [2.45, 2.75) is 68.6 Å². The van der Waals surface area contributed by atoms with Gasteiger partial charge in [-0.2, -0.15) is 13.2 Å². The lowest BCUT2D eigenvalue weighted by Crippen LogP contribution is -2.55. The predicted octanol–water partition coefficient (Wildman–Crippen LogP) is 4.67. The minimum absolute atomic E-state index is 0.0511. The highest BCUT2D eigenvalue weighted by molar-refractivity contribution is 7.92. The van der Waals surface area contributed by atoms with Crippen molar-refractivity contribution < 1.29 is 45.4 Å². The molecule has 2 saturated heterocycles. The topological polar surface area (TPSA) is 134 Å². The maximum absolute atomic E-state index is 13.2. The first-order valence-electron chi connectivity index (χ1n) is 14.5. The molecule has 0 bridgehead atoms. The molecule has 0 saturated carbocycles. The number of likely N-dealkylation sites (tertiary alicyclic amines) is 1. The number of imide groups is 1. The number of amides is 3. The molecule has 2 aliphatic rings. The minimum atomic E-state index is -4.62. The van der Waals surface area contributed by atoms with Crippen LogP contribution in [0.25, 0.3) is 0 Å². The third-order valence-electron chi connectivity index (χ3n) is 8.11. The second-order valence-corrected chi connectivity index (χ2v) is 13.1. The summed E-state index contributed by atoms with van der Waals surface area (Å²) < 4.78 is 77.7. The van der Waals surface area contributed by atoms with E-state index in [1.165, 1.54) is 31.3 Å². The normalized spacial score (nSPS) is 17.1. The first kappa shape index (κ1) is 34.0. The summed E-state index contributed by atoms with van der Waals surface area (Å²) in [6.45, 7) is 5.55. The Morgan fingerprint density at radius 1 is 1.02 bits per heavy atom. The van der Waals surface area contributed by atoms with Crippen LogP contribution in [-0.4, -0.2) is 81.4 Å². The molecule has 0 radical (unpaired) electrons. The lowest BCUT2D eigenvalue weighted by Gasteiger charge is -2.37. The van der Waals surface area contributed by atoms with Gasteiger partial charge in [0, 0.05) is 31.6 Å². The Hall–Kier alpha value is -3.85. The largest absolute Gasteiger partial charge is 0.496 e. The van der Waals surface area contributed by atoms with Gasteiger partial charge in [-0.15, -0.1) is 0 Å². The molecule has 0 atom stereocenters. The van der Waals surface area contributed by atoms with E-state index in [0.29, 0.717) is 57.5 Å². The number of carbonyl (C=O) groups is 3. The summed E-state index contributed by atoms with van der Waals surface area (Å²) in [5.41, 5.74) is -1.80. The van der Waals surface area contributed by atoms with Gasteiger partial charge >= 0.3 is 12.2 Å². The monoisotopic (exact) mass is 654 g/mol. The molecule has 4 rings (SSSR count). The molecule has 0 aromatic heterocycles. The van der Waals surface area contributed by atoms with Crippen molar-refractivity contribution in [1.29, 1.82) is 0 Å². The quantitative estimate of drug-likeness (QED) is 0.192. The van der Waals surface area contributed by atoms with Crippen molar-refractivity contribution >= 4 is 33.4 Å². The van der Waals surface area contributed by atoms with E-state index >= 15 is 0 Å². The zero-order valence-corrected chi connectivity index (χ0v) is 26.3. The first-order valence-corrected chi connectivity index (χ1v) is 16.0. The molecule has 45 heavy (non-hydrogen) atoms. The smallest absolute Gasteiger partial charge is 0.416 e. The maximum atomic E-state index is 13.2. The van der Waals surface area contributed by atoms with E-state index in [1.807, 2.05) is 0 Å². The Bertz CT molecular complexity index is 1540. The van der Waals surface area contributed by atoms with Crippen LogP contribution in [0.4, 0.5) is 23.7 Å².